The minimum Gasteiger partial charge on any atom is -0.382 e. The number of nitrogen functional groups attached to an aromatic ring is 1. The van der Waals surface area contributed by atoms with Crippen molar-refractivity contribution in [2.75, 3.05) is 32.2 Å². The highest BCUT2D eigenvalue weighted by Gasteiger charge is 2.39. The summed E-state index contributed by atoms with van der Waals surface area (Å²) in [5, 5.41) is 13.9. The molecule has 1 aromatic carbocycles. The second-order valence-electron chi connectivity index (χ2n) is 14.8. The maximum atomic E-state index is 10.7. The van der Waals surface area contributed by atoms with E-state index in [9.17, 15) is 10.2 Å². The van der Waals surface area contributed by atoms with Crippen molar-refractivity contribution in [2.24, 2.45) is 0 Å². The first-order valence-corrected chi connectivity index (χ1v) is 21.7. The lowest BCUT2D eigenvalue weighted by Gasteiger charge is -2.26. The molecule has 0 bridgehead atoms. The van der Waals surface area contributed by atoms with Crippen molar-refractivity contribution in [1.29, 1.82) is 5.26 Å². The van der Waals surface area contributed by atoms with Crippen LogP contribution in [0, 0.1) is 11.3 Å². The van der Waals surface area contributed by atoms with Crippen LogP contribution >= 0.6 is 20.2 Å². The molecule has 3 unspecified atom stereocenters. The van der Waals surface area contributed by atoms with Gasteiger partial charge < -0.3 is 33.9 Å². The van der Waals surface area contributed by atoms with Crippen LogP contribution in [-0.4, -0.2) is 57.6 Å². The minimum absolute atomic E-state index is 0.0860. The number of unbranched alkanes of at least 4 members (excludes halogenated alkanes) is 15. The molecule has 1 saturated heterocycles. The van der Waals surface area contributed by atoms with Crippen LogP contribution in [0.4, 0.5) is 5.82 Å². The molecule has 0 saturated carbocycles. The molecule has 0 amide bonds. The fourth-order valence-corrected chi connectivity index (χ4v) is 7.87. The smallest absolute Gasteiger partial charge is 0.330 e. The number of nitriles is 1. The maximum Gasteiger partial charge on any atom is 0.330 e. The second kappa shape index (κ2) is 25.0. The van der Waals surface area contributed by atoms with E-state index in [-0.39, 0.29) is 25.9 Å². The lowest BCUT2D eigenvalue weighted by Crippen LogP contribution is -2.30. The predicted molar refractivity (Wildman–Crippen MR) is 215 cm³/mol. The molecule has 4 rings (SSSR count). The number of fused-ring (bicyclic) bond motifs is 1. The summed E-state index contributed by atoms with van der Waals surface area (Å²) in [5.41, 5.74) is 8.27. The van der Waals surface area contributed by atoms with E-state index >= 15 is 0 Å². The summed E-state index contributed by atoms with van der Waals surface area (Å²) in [6.45, 7) is 5.70. The number of rotatable bonds is 29. The Hall–Kier alpha value is -2.39. The number of nitrogens with two attached hydrogens (primary N) is 1. The third kappa shape index (κ3) is 15.6. The van der Waals surface area contributed by atoms with E-state index < -0.39 is 20.3 Å². The minimum atomic E-state index is -2.19. The van der Waals surface area contributed by atoms with Gasteiger partial charge in [-0.15, -0.1) is 0 Å². The molecule has 3 heterocycles. The third-order valence-corrected chi connectivity index (χ3v) is 11.2. The first-order valence-electron chi connectivity index (χ1n) is 20.2. The fraction of sp³-hybridized carbons (Fsp3) is 0.683. The molecule has 1 aliphatic heterocycles. The van der Waals surface area contributed by atoms with Crippen molar-refractivity contribution in [2.45, 2.75) is 154 Å². The summed E-state index contributed by atoms with van der Waals surface area (Å²) in [6, 6.07) is 11.1. The molecule has 1 aliphatic rings. The van der Waals surface area contributed by atoms with Gasteiger partial charge in [-0.3, -0.25) is 0 Å². The van der Waals surface area contributed by atoms with Crippen molar-refractivity contribution in [1.82, 2.24) is 14.6 Å². The molecular weight excluding hydrogens is 725 g/mol. The van der Waals surface area contributed by atoms with Gasteiger partial charge in [0.2, 0.25) is 0 Å². The van der Waals surface area contributed by atoms with Gasteiger partial charge in [0.05, 0.1) is 48.3 Å². The van der Waals surface area contributed by atoms with Crippen molar-refractivity contribution < 1.29 is 28.2 Å². The number of hydrogen-bond acceptors (Lipinski definition) is 10. The van der Waals surface area contributed by atoms with Crippen molar-refractivity contribution in [3.05, 3.63) is 58.5 Å². The first-order chi connectivity index (χ1) is 26.3. The Morgan fingerprint density at radius 1 is 0.981 bits per heavy atom. The average molecular weight is 788 g/mol. The molecule has 11 nitrogen and oxygen atoms in total. The van der Waals surface area contributed by atoms with Gasteiger partial charge in [-0.1, -0.05) is 121 Å². The lowest BCUT2D eigenvalue weighted by atomic mass is 10.0. The standard InChI is InChI=1S/C41H63ClN5O6P/c1-3-4-5-6-7-8-9-10-11-12-13-14-15-16-17-18-25-49-29-35(50-28-33-19-20-34(27-43)36(42)26-33)30-51-54(48)52-31-41(2)24-23-39(53-41)37-21-22-38-40(44)45-32-46-47(37)38/h19-22,26,32,35,39,48H,3-18,23-25,28-31H2,1-2H3,(H2,44,45,46)/t35?,39?,41-,54?/m0/s1. The highest BCUT2D eigenvalue weighted by molar-refractivity contribution is 7.40. The molecule has 2 aromatic heterocycles. The van der Waals surface area contributed by atoms with Gasteiger partial charge >= 0.3 is 8.60 Å². The monoisotopic (exact) mass is 787 g/mol. The van der Waals surface area contributed by atoms with Crippen LogP contribution in [0.3, 0.4) is 0 Å². The Balaban J connectivity index is 1.11. The Kier molecular flexibility index (Phi) is 20.5. The molecule has 0 spiro atoms. The highest BCUT2D eigenvalue weighted by Crippen LogP contribution is 2.43. The quantitative estimate of drug-likeness (QED) is 0.0515. The Bertz CT molecular complexity index is 1540. The van der Waals surface area contributed by atoms with Crippen LogP contribution in [0.2, 0.25) is 5.02 Å². The Morgan fingerprint density at radius 3 is 2.30 bits per heavy atom. The van der Waals surface area contributed by atoms with E-state index in [1.807, 2.05) is 25.1 Å². The zero-order valence-electron chi connectivity index (χ0n) is 32.6. The van der Waals surface area contributed by atoms with Gasteiger partial charge in [0, 0.05) is 6.61 Å². The summed E-state index contributed by atoms with van der Waals surface area (Å²) in [4.78, 5) is 14.7. The Morgan fingerprint density at radius 2 is 1.65 bits per heavy atom. The molecule has 54 heavy (non-hydrogen) atoms. The van der Waals surface area contributed by atoms with E-state index in [1.165, 1.54) is 96.2 Å². The predicted octanol–water partition coefficient (Wildman–Crippen LogP) is 10.6. The number of halogens is 1. The number of nitrogens with zero attached hydrogens (tertiary/aromatic N) is 4. The van der Waals surface area contributed by atoms with Crippen molar-refractivity contribution in [3.63, 3.8) is 0 Å². The van der Waals surface area contributed by atoms with Crippen LogP contribution in [0.15, 0.2) is 36.7 Å². The summed E-state index contributed by atoms with van der Waals surface area (Å²) >= 11 is 6.24. The van der Waals surface area contributed by atoms with Gasteiger partial charge in [0.15, 0.2) is 5.82 Å². The molecule has 4 atom stereocenters. The van der Waals surface area contributed by atoms with Crippen LogP contribution in [0.25, 0.3) is 5.52 Å². The van der Waals surface area contributed by atoms with E-state index in [2.05, 4.69) is 23.1 Å². The zero-order valence-corrected chi connectivity index (χ0v) is 34.2. The van der Waals surface area contributed by atoms with Crippen LogP contribution < -0.4 is 5.73 Å². The number of anilines is 1. The van der Waals surface area contributed by atoms with Crippen molar-refractivity contribution in [3.8, 4) is 6.07 Å². The maximum absolute atomic E-state index is 10.7. The number of benzene rings is 1. The Labute approximate surface area is 329 Å². The van der Waals surface area contributed by atoms with Crippen LogP contribution in [-0.2, 0) is 29.9 Å². The SMILES string of the molecule is CCCCCCCCCCCCCCCCCCOCC(COP(O)OC[C@]1(C)CCC(c2ccc3c(N)ncnn23)O1)OCc1ccc(C#N)c(Cl)c1. The van der Waals surface area contributed by atoms with E-state index in [1.54, 1.807) is 16.6 Å². The summed E-state index contributed by atoms with van der Waals surface area (Å²) in [6.07, 6.45) is 23.5. The van der Waals surface area contributed by atoms with E-state index in [4.69, 9.17) is 40.6 Å². The second-order valence-corrected chi connectivity index (χ2v) is 16.2. The third-order valence-electron chi connectivity index (χ3n) is 10.1. The van der Waals surface area contributed by atoms with E-state index in [0.29, 0.717) is 29.6 Å². The lowest BCUT2D eigenvalue weighted by molar-refractivity contribution is -0.0661. The number of aromatic nitrogens is 3. The normalized spacial score (nSPS) is 18.3. The molecule has 3 aromatic rings. The molecular formula is C41H63ClN5O6P. The molecule has 0 radical (unpaired) electrons. The topological polar surface area (TPSA) is 146 Å². The highest BCUT2D eigenvalue weighted by atomic mass is 35.5. The summed E-state index contributed by atoms with van der Waals surface area (Å²) < 4.78 is 31.8. The van der Waals surface area contributed by atoms with Crippen molar-refractivity contribution >= 4 is 31.5 Å². The fourth-order valence-electron chi connectivity index (χ4n) is 6.87. The van der Waals surface area contributed by atoms with Gasteiger partial charge in [-0.2, -0.15) is 10.4 Å². The zero-order chi connectivity index (χ0) is 38.4. The molecule has 1 fully saturated rings. The molecule has 0 aliphatic carbocycles. The summed E-state index contributed by atoms with van der Waals surface area (Å²) in [7, 11) is -2.19. The molecule has 300 valence electrons. The van der Waals surface area contributed by atoms with Gasteiger partial charge in [0.1, 0.15) is 30.1 Å². The van der Waals surface area contributed by atoms with Gasteiger partial charge in [-0.05, 0) is 56.0 Å². The number of ether oxygens (including phenoxy) is 3. The average Bonchev–Trinajstić information content (AvgIpc) is 3.79. The van der Waals surface area contributed by atoms with Gasteiger partial charge in [0.25, 0.3) is 0 Å². The number of hydrogen-bond donors (Lipinski definition) is 2. The van der Waals surface area contributed by atoms with E-state index in [0.717, 1.165) is 42.5 Å². The van der Waals surface area contributed by atoms with Crippen LogP contribution in [0.5, 0.6) is 0 Å². The van der Waals surface area contributed by atoms with Gasteiger partial charge in [-0.25, -0.2) is 9.50 Å². The van der Waals surface area contributed by atoms with Crippen LogP contribution in [0.1, 0.15) is 152 Å². The first kappa shape index (κ1) is 44.3. The molecule has 3 N–H and O–H groups in total. The largest absolute Gasteiger partial charge is 0.382 e. The molecule has 13 heteroatoms. The summed E-state index contributed by atoms with van der Waals surface area (Å²) in [5.74, 6) is 0.414.